The Hall–Kier alpha value is -1.58. The number of carbonyl (C=O) groups is 1. The molecule has 0 spiro atoms. The van der Waals surface area contributed by atoms with E-state index in [9.17, 15) is 4.79 Å². The molecule has 3 rings (SSSR count). The standard InChI is InChI=1S/C13H17N3O/c14-10-3-4-15-12(7-10)13(17)16-11-6-8-1-2-9(11)5-8/h3-4,7-9,11H,1-2,5-6H2,(H2,14,15)(H,16,17). The average molecular weight is 231 g/mol. The number of aromatic nitrogens is 1. The van der Waals surface area contributed by atoms with E-state index < -0.39 is 0 Å². The molecular formula is C13H17N3O. The number of nitrogens with one attached hydrogen (secondary N) is 1. The zero-order valence-electron chi connectivity index (χ0n) is 9.73. The largest absolute Gasteiger partial charge is 0.399 e. The highest BCUT2D eigenvalue weighted by Crippen LogP contribution is 2.44. The van der Waals surface area contributed by atoms with Gasteiger partial charge >= 0.3 is 0 Å². The van der Waals surface area contributed by atoms with Crippen LogP contribution in [0, 0.1) is 11.8 Å². The average Bonchev–Trinajstić information content (AvgIpc) is 2.91. The Morgan fingerprint density at radius 2 is 2.29 bits per heavy atom. The van der Waals surface area contributed by atoms with Crippen molar-refractivity contribution in [2.45, 2.75) is 31.7 Å². The van der Waals surface area contributed by atoms with Crippen molar-refractivity contribution in [3.63, 3.8) is 0 Å². The number of nitrogens with zero attached hydrogens (tertiary/aromatic N) is 1. The van der Waals surface area contributed by atoms with Crippen molar-refractivity contribution in [2.75, 3.05) is 5.73 Å². The van der Waals surface area contributed by atoms with E-state index in [1.165, 1.54) is 19.3 Å². The van der Waals surface area contributed by atoms with Gasteiger partial charge in [0, 0.05) is 17.9 Å². The molecule has 2 aliphatic rings. The predicted molar refractivity (Wildman–Crippen MR) is 65.4 cm³/mol. The van der Waals surface area contributed by atoms with E-state index in [0.29, 0.717) is 23.3 Å². The van der Waals surface area contributed by atoms with E-state index in [2.05, 4.69) is 10.3 Å². The second-order valence-corrected chi connectivity index (χ2v) is 5.23. The second-order valence-electron chi connectivity index (χ2n) is 5.23. The van der Waals surface area contributed by atoms with E-state index in [1.54, 1.807) is 18.3 Å². The summed E-state index contributed by atoms with van der Waals surface area (Å²) in [6.07, 6.45) is 6.60. The molecule has 2 fully saturated rings. The van der Waals surface area contributed by atoms with Crippen LogP contribution in [0.25, 0.3) is 0 Å². The van der Waals surface area contributed by atoms with Gasteiger partial charge in [-0.1, -0.05) is 6.42 Å². The van der Waals surface area contributed by atoms with Crippen molar-refractivity contribution in [3.05, 3.63) is 24.0 Å². The second kappa shape index (κ2) is 4.02. The molecule has 4 heteroatoms. The highest BCUT2D eigenvalue weighted by molar-refractivity contribution is 5.93. The van der Waals surface area contributed by atoms with Crippen molar-refractivity contribution < 1.29 is 4.79 Å². The summed E-state index contributed by atoms with van der Waals surface area (Å²) in [5.41, 5.74) is 6.65. The van der Waals surface area contributed by atoms with Gasteiger partial charge in [0.1, 0.15) is 5.69 Å². The number of nitrogens with two attached hydrogens (primary N) is 1. The number of nitrogen functional groups attached to an aromatic ring is 1. The number of rotatable bonds is 2. The summed E-state index contributed by atoms with van der Waals surface area (Å²) < 4.78 is 0. The third kappa shape index (κ3) is 1.99. The fourth-order valence-corrected chi connectivity index (χ4v) is 3.23. The summed E-state index contributed by atoms with van der Waals surface area (Å²) in [6, 6.07) is 3.67. The number of hydrogen-bond donors (Lipinski definition) is 2. The molecule has 90 valence electrons. The third-order valence-corrected chi connectivity index (χ3v) is 4.07. The van der Waals surface area contributed by atoms with Crippen LogP contribution in [0.15, 0.2) is 18.3 Å². The molecule has 2 aliphatic carbocycles. The molecule has 2 bridgehead atoms. The molecule has 3 N–H and O–H groups in total. The first kappa shape index (κ1) is 10.6. The van der Waals surface area contributed by atoms with E-state index >= 15 is 0 Å². The Bertz CT molecular complexity index is 446. The van der Waals surface area contributed by atoms with Crippen molar-refractivity contribution in [3.8, 4) is 0 Å². The summed E-state index contributed by atoms with van der Waals surface area (Å²) in [5.74, 6) is 1.43. The van der Waals surface area contributed by atoms with Crippen molar-refractivity contribution in [1.82, 2.24) is 10.3 Å². The summed E-state index contributed by atoms with van der Waals surface area (Å²) in [7, 11) is 0. The van der Waals surface area contributed by atoms with Crippen LogP contribution in [-0.2, 0) is 0 Å². The van der Waals surface area contributed by atoms with Gasteiger partial charge in [-0.2, -0.15) is 0 Å². The van der Waals surface area contributed by atoms with E-state index in [0.717, 1.165) is 12.3 Å². The molecule has 0 aliphatic heterocycles. The van der Waals surface area contributed by atoms with Gasteiger partial charge in [0.05, 0.1) is 0 Å². The summed E-state index contributed by atoms with van der Waals surface area (Å²) in [6.45, 7) is 0. The number of anilines is 1. The van der Waals surface area contributed by atoms with Crippen LogP contribution in [0.3, 0.4) is 0 Å². The van der Waals surface area contributed by atoms with Gasteiger partial charge in [0.2, 0.25) is 0 Å². The fourth-order valence-electron chi connectivity index (χ4n) is 3.23. The molecule has 0 aromatic carbocycles. The van der Waals surface area contributed by atoms with Crippen LogP contribution in [0.1, 0.15) is 36.2 Å². The van der Waals surface area contributed by atoms with Gasteiger partial charge in [-0.3, -0.25) is 9.78 Å². The molecule has 3 atom stereocenters. The number of pyridine rings is 1. The van der Waals surface area contributed by atoms with Crippen LogP contribution in [0.5, 0.6) is 0 Å². The van der Waals surface area contributed by atoms with Gasteiger partial charge < -0.3 is 11.1 Å². The Balaban J connectivity index is 1.68. The molecule has 0 radical (unpaired) electrons. The predicted octanol–water partition coefficient (Wildman–Crippen LogP) is 1.58. The minimum Gasteiger partial charge on any atom is -0.399 e. The Kier molecular flexibility index (Phi) is 2.50. The van der Waals surface area contributed by atoms with E-state index in [1.807, 2.05) is 0 Å². The van der Waals surface area contributed by atoms with Gasteiger partial charge in [-0.15, -0.1) is 0 Å². The lowest BCUT2D eigenvalue weighted by Crippen LogP contribution is -2.38. The molecule has 0 saturated heterocycles. The van der Waals surface area contributed by atoms with Gasteiger partial charge in [0.15, 0.2) is 0 Å². The van der Waals surface area contributed by atoms with Crippen molar-refractivity contribution in [2.24, 2.45) is 11.8 Å². The normalized spacial score (nSPS) is 30.5. The van der Waals surface area contributed by atoms with Crippen LogP contribution >= 0.6 is 0 Å². The lowest BCUT2D eigenvalue weighted by molar-refractivity contribution is 0.0918. The zero-order valence-corrected chi connectivity index (χ0v) is 9.73. The molecule has 3 unspecified atom stereocenters. The molecule has 17 heavy (non-hydrogen) atoms. The smallest absolute Gasteiger partial charge is 0.270 e. The minimum absolute atomic E-state index is 0.0881. The molecule has 2 saturated carbocycles. The van der Waals surface area contributed by atoms with Crippen LogP contribution in [-0.4, -0.2) is 16.9 Å². The lowest BCUT2D eigenvalue weighted by atomic mass is 9.95. The number of amides is 1. The zero-order chi connectivity index (χ0) is 11.8. The SMILES string of the molecule is Nc1ccnc(C(=O)NC2CC3CCC2C3)c1. The van der Waals surface area contributed by atoms with Crippen molar-refractivity contribution in [1.29, 1.82) is 0 Å². The first-order valence-corrected chi connectivity index (χ1v) is 6.25. The first-order chi connectivity index (χ1) is 8.22. The molecule has 1 aromatic heterocycles. The Labute approximate surface area is 101 Å². The highest BCUT2D eigenvalue weighted by Gasteiger charge is 2.40. The van der Waals surface area contributed by atoms with Crippen LogP contribution < -0.4 is 11.1 Å². The maximum Gasteiger partial charge on any atom is 0.270 e. The Morgan fingerprint density at radius 3 is 2.94 bits per heavy atom. The molecule has 1 aromatic rings. The lowest BCUT2D eigenvalue weighted by Gasteiger charge is -2.22. The minimum atomic E-state index is -0.0881. The van der Waals surface area contributed by atoms with E-state index in [4.69, 9.17) is 5.73 Å². The highest BCUT2D eigenvalue weighted by atomic mass is 16.1. The first-order valence-electron chi connectivity index (χ1n) is 6.25. The molecule has 1 amide bonds. The Morgan fingerprint density at radius 1 is 1.41 bits per heavy atom. The maximum atomic E-state index is 12.0. The monoisotopic (exact) mass is 231 g/mol. The molecule has 1 heterocycles. The summed E-state index contributed by atoms with van der Waals surface area (Å²) in [5, 5.41) is 3.10. The third-order valence-electron chi connectivity index (χ3n) is 4.07. The summed E-state index contributed by atoms with van der Waals surface area (Å²) >= 11 is 0. The molecule has 4 nitrogen and oxygen atoms in total. The topological polar surface area (TPSA) is 68.0 Å². The van der Waals surface area contributed by atoms with Crippen molar-refractivity contribution >= 4 is 11.6 Å². The van der Waals surface area contributed by atoms with Crippen LogP contribution in [0.4, 0.5) is 5.69 Å². The van der Waals surface area contributed by atoms with Gasteiger partial charge in [-0.05, 0) is 43.2 Å². The summed E-state index contributed by atoms with van der Waals surface area (Å²) in [4.78, 5) is 16.1. The van der Waals surface area contributed by atoms with Gasteiger partial charge in [0.25, 0.3) is 5.91 Å². The molecular weight excluding hydrogens is 214 g/mol. The van der Waals surface area contributed by atoms with Gasteiger partial charge in [-0.25, -0.2) is 0 Å². The number of fused-ring (bicyclic) bond motifs is 2. The van der Waals surface area contributed by atoms with Crippen LogP contribution in [0.2, 0.25) is 0 Å². The number of carbonyl (C=O) groups excluding carboxylic acids is 1. The number of hydrogen-bond acceptors (Lipinski definition) is 3. The van der Waals surface area contributed by atoms with E-state index in [-0.39, 0.29) is 5.91 Å². The fraction of sp³-hybridized carbons (Fsp3) is 0.538. The maximum absolute atomic E-state index is 12.0. The quantitative estimate of drug-likeness (QED) is 0.812.